The van der Waals surface area contributed by atoms with Crippen molar-refractivity contribution in [3.8, 4) is 56.0 Å². The lowest BCUT2D eigenvalue weighted by Gasteiger charge is -2.20. The van der Waals surface area contributed by atoms with Gasteiger partial charge in [-0.1, -0.05) is 177 Å². The van der Waals surface area contributed by atoms with Crippen LogP contribution in [0, 0.1) is 0 Å². The highest BCUT2D eigenvalue weighted by Gasteiger charge is 2.42. The average molecular weight is 717 g/mol. The molecule has 0 bridgehead atoms. The van der Waals surface area contributed by atoms with Gasteiger partial charge in [-0.3, -0.25) is 0 Å². The number of nitrogens with zero attached hydrogens (tertiary/aromatic N) is 2. The molecule has 0 unspecified atom stereocenters. The predicted octanol–water partition coefficient (Wildman–Crippen LogP) is 12.6. The standard InChI is InChI=1S/C52H36N2Si/c1-55(2)50-40-21-7-6-14-33(40)26-29-46(50)48-49(53-51(54-52(48)55)34-15-4-3-5-16-34)39-20-13-19-37(31-39)35-17-12-18-36(30-35)38-27-28-45-43-24-9-8-22-41(43)42-23-10-11-25-44(42)47(45)32-38/h3-32H,1-2H3. The zero-order chi connectivity index (χ0) is 36.7. The number of fused-ring (bicyclic) bond motifs is 11. The van der Waals surface area contributed by atoms with E-state index in [1.54, 1.807) is 0 Å². The fraction of sp³-hybridized carbons (Fsp3) is 0.0385. The molecule has 3 heteroatoms. The summed E-state index contributed by atoms with van der Waals surface area (Å²) >= 11 is 0. The quantitative estimate of drug-likeness (QED) is 0.134. The van der Waals surface area contributed by atoms with Gasteiger partial charge in [-0.25, -0.2) is 9.97 Å². The van der Waals surface area contributed by atoms with Crippen LogP contribution in [0.4, 0.5) is 0 Å². The summed E-state index contributed by atoms with van der Waals surface area (Å²) in [6.45, 7) is 4.91. The predicted molar refractivity (Wildman–Crippen MR) is 236 cm³/mol. The summed E-state index contributed by atoms with van der Waals surface area (Å²) in [6.07, 6.45) is 0. The smallest absolute Gasteiger partial charge is 0.159 e. The second kappa shape index (κ2) is 12.2. The minimum absolute atomic E-state index is 0.788. The van der Waals surface area contributed by atoms with Gasteiger partial charge in [-0.05, 0) is 94.3 Å². The molecule has 0 spiro atoms. The zero-order valence-electron chi connectivity index (χ0n) is 30.7. The molecule has 10 aromatic rings. The Morgan fingerprint density at radius 2 is 0.873 bits per heavy atom. The Morgan fingerprint density at radius 3 is 1.55 bits per heavy atom. The van der Waals surface area contributed by atoms with Crippen molar-refractivity contribution >= 4 is 61.7 Å². The van der Waals surface area contributed by atoms with E-state index in [2.05, 4.69) is 195 Å². The van der Waals surface area contributed by atoms with Crippen molar-refractivity contribution in [3.63, 3.8) is 0 Å². The molecule has 1 aliphatic heterocycles. The molecule has 2 nitrogen and oxygen atoms in total. The van der Waals surface area contributed by atoms with E-state index < -0.39 is 8.07 Å². The van der Waals surface area contributed by atoms with Crippen molar-refractivity contribution in [2.45, 2.75) is 13.1 Å². The normalized spacial score (nSPS) is 13.1. The molecule has 1 aromatic heterocycles. The van der Waals surface area contributed by atoms with Crippen LogP contribution in [0.3, 0.4) is 0 Å². The topological polar surface area (TPSA) is 25.8 Å². The summed E-state index contributed by atoms with van der Waals surface area (Å²) in [4.78, 5) is 10.8. The largest absolute Gasteiger partial charge is 0.237 e. The minimum Gasteiger partial charge on any atom is -0.237 e. The van der Waals surface area contributed by atoms with E-state index in [0.29, 0.717) is 0 Å². The van der Waals surface area contributed by atoms with Gasteiger partial charge < -0.3 is 0 Å². The zero-order valence-corrected chi connectivity index (χ0v) is 31.7. The van der Waals surface area contributed by atoms with Gasteiger partial charge in [0.15, 0.2) is 5.82 Å². The second-order valence-corrected chi connectivity index (χ2v) is 19.6. The molecule has 11 rings (SSSR count). The average Bonchev–Trinajstić information content (AvgIpc) is 3.49. The molecule has 55 heavy (non-hydrogen) atoms. The Bertz CT molecular complexity index is 3150. The maximum absolute atomic E-state index is 5.42. The van der Waals surface area contributed by atoms with Crippen molar-refractivity contribution in [1.29, 1.82) is 0 Å². The van der Waals surface area contributed by atoms with Crippen molar-refractivity contribution < 1.29 is 0 Å². The van der Waals surface area contributed by atoms with Gasteiger partial charge in [0.25, 0.3) is 0 Å². The summed E-state index contributed by atoms with van der Waals surface area (Å²) in [5, 5.41) is 13.0. The van der Waals surface area contributed by atoms with E-state index in [4.69, 9.17) is 9.97 Å². The van der Waals surface area contributed by atoms with Crippen LogP contribution in [-0.2, 0) is 0 Å². The van der Waals surface area contributed by atoms with Crippen LogP contribution >= 0.6 is 0 Å². The molecule has 258 valence electrons. The molecular formula is C52H36N2Si. The van der Waals surface area contributed by atoms with Gasteiger partial charge in [-0.2, -0.15) is 0 Å². The van der Waals surface area contributed by atoms with Crippen LogP contribution in [0.1, 0.15) is 0 Å². The lowest BCUT2D eigenvalue weighted by Crippen LogP contribution is -2.51. The molecule has 0 N–H and O–H groups in total. The minimum atomic E-state index is -2.20. The van der Waals surface area contributed by atoms with Gasteiger partial charge in [0.05, 0.1) is 5.69 Å². The first kappa shape index (κ1) is 31.8. The summed E-state index contributed by atoms with van der Waals surface area (Å²) in [7, 11) is -2.20. The van der Waals surface area contributed by atoms with Gasteiger partial charge in [0, 0.05) is 22.0 Å². The van der Waals surface area contributed by atoms with Crippen molar-refractivity contribution in [1.82, 2.24) is 9.97 Å². The first-order valence-electron chi connectivity index (χ1n) is 19.1. The van der Waals surface area contributed by atoms with Gasteiger partial charge in [0.1, 0.15) is 8.07 Å². The summed E-state index contributed by atoms with van der Waals surface area (Å²) in [6, 6.07) is 66.3. The molecule has 9 aromatic carbocycles. The number of hydrogen-bond donors (Lipinski definition) is 0. The second-order valence-electron chi connectivity index (χ2n) is 15.3. The van der Waals surface area contributed by atoms with Crippen LogP contribution < -0.4 is 10.5 Å². The first-order chi connectivity index (χ1) is 27.0. The highest BCUT2D eigenvalue weighted by molar-refractivity contribution is 7.04. The Labute approximate surface area is 321 Å². The molecule has 0 aliphatic carbocycles. The molecule has 0 saturated heterocycles. The summed E-state index contributed by atoms with van der Waals surface area (Å²) in [5.74, 6) is 0.788. The van der Waals surface area contributed by atoms with Crippen LogP contribution in [-0.4, -0.2) is 18.0 Å². The van der Waals surface area contributed by atoms with Gasteiger partial charge in [0.2, 0.25) is 0 Å². The molecule has 0 fully saturated rings. The van der Waals surface area contributed by atoms with E-state index >= 15 is 0 Å². The monoisotopic (exact) mass is 716 g/mol. The van der Waals surface area contributed by atoms with Crippen molar-refractivity contribution in [2.75, 3.05) is 0 Å². The number of hydrogen-bond acceptors (Lipinski definition) is 2. The lowest BCUT2D eigenvalue weighted by atomic mass is 9.91. The molecule has 0 amide bonds. The first-order valence-corrected chi connectivity index (χ1v) is 22.1. The highest BCUT2D eigenvalue weighted by atomic mass is 28.3. The Morgan fingerprint density at radius 1 is 0.364 bits per heavy atom. The fourth-order valence-corrected chi connectivity index (χ4v) is 12.5. The third-order valence-electron chi connectivity index (χ3n) is 11.8. The molecule has 0 saturated carbocycles. The Hall–Kier alpha value is -6.68. The van der Waals surface area contributed by atoms with Crippen LogP contribution in [0.2, 0.25) is 13.1 Å². The van der Waals surface area contributed by atoms with Gasteiger partial charge in [-0.15, -0.1) is 0 Å². The fourth-order valence-electron chi connectivity index (χ4n) is 9.18. The van der Waals surface area contributed by atoms with E-state index in [-0.39, 0.29) is 0 Å². The van der Waals surface area contributed by atoms with Crippen LogP contribution in [0.15, 0.2) is 182 Å². The number of benzene rings is 9. The number of rotatable bonds is 4. The molecule has 0 radical (unpaired) electrons. The molecule has 1 aliphatic rings. The maximum atomic E-state index is 5.42. The van der Waals surface area contributed by atoms with E-state index in [0.717, 1.165) is 22.6 Å². The van der Waals surface area contributed by atoms with Crippen LogP contribution in [0.5, 0.6) is 0 Å². The van der Waals surface area contributed by atoms with Gasteiger partial charge >= 0.3 is 0 Å². The Balaban J connectivity index is 1.07. The Kier molecular flexibility index (Phi) is 7.04. The van der Waals surface area contributed by atoms with Crippen molar-refractivity contribution in [3.05, 3.63) is 182 Å². The molecule has 0 atom stereocenters. The molecular weight excluding hydrogens is 681 g/mol. The summed E-state index contributed by atoms with van der Waals surface area (Å²) in [5.41, 5.74) is 10.4. The maximum Gasteiger partial charge on any atom is 0.159 e. The molecule has 2 heterocycles. The third-order valence-corrected chi connectivity index (χ3v) is 15.1. The van der Waals surface area contributed by atoms with E-state index in [1.807, 2.05) is 0 Å². The summed E-state index contributed by atoms with van der Waals surface area (Å²) < 4.78 is 0. The third kappa shape index (κ3) is 4.94. The van der Waals surface area contributed by atoms with Crippen LogP contribution in [0.25, 0.3) is 99.1 Å². The lowest BCUT2D eigenvalue weighted by molar-refractivity contribution is 1.21. The SMILES string of the molecule is C[Si]1(C)c2nc(-c3ccccc3)nc(-c3cccc(-c4cccc(-c5ccc6c7ccccc7c7ccccc7c6c5)c4)c3)c2-c2ccc3ccccc3c21. The highest BCUT2D eigenvalue weighted by Crippen LogP contribution is 2.41. The van der Waals surface area contributed by atoms with E-state index in [1.165, 1.54) is 87.0 Å². The van der Waals surface area contributed by atoms with E-state index in [9.17, 15) is 0 Å². The number of aromatic nitrogens is 2. The van der Waals surface area contributed by atoms with Crippen molar-refractivity contribution in [2.24, 2.45) is 0 Å².